The first-order valence-corrected chi connectivity index (χ1v) is 12.8. The summed E-state index contributed by atoms with van der Waals surface area (Å²) >= 11 is 0. The minimum absolute atomic E-state index is 0.0776. The summed E-state index contributed by atoms with van der Waals surface area (Å²) in [6.45, 7) is 2.77. The van der Waals surface area contributed by atoms with Crippen LogP contribution in [-0.4, -0.2) is 52.1 Å². The molecule has 9 nitrogen and oxygen atoms in total. The highest BCUT2D eigenvalue weighted by atomic mass is 16.3. The van der Waals surface area contributed by atoms with Crippen LogP contribution in [-0.2, 0) is 32.1 Å². The van der Waals surface area contributed by atoms with Crippen molar-refractivity contribution in [2.24, 2.45) is 35.3 Å². The number of benzene rings is 1. The van der Waals surface area contributed by atoms with Gasteiger partial charge in [-0.15, -0.1) is 0 Å². The van der Waals surface area contributed by atoms with Gasteiger partial charge in [-0.3, -0.25) is 28.9 Å². The number of rotatable bonds is 4. The van der Waals surface area contributed by atoms with Crippen molar-refractivity contribution in [3.05, 3.63) is 41.2 Å². The number of hydrogen-bond donors (Lipinski definition) is 2. The van der Waals surface area contributed by atoms with Crippen molar-refractivity contribution in [3.63, 3.8) is 0 Å². The molecule has 0 bridgehead atoms. The standard InChI is InChI=1S/C28H28N2O7/c29-28(36)24-19(32)11-14-9-13-10-17-16(20-6-3-15(37-20)12-30-7-1-2-8-30)4-5-18(31)23(17)26(34)21(13)25(33)22(14)27(24)35/h3-6,13-14,21-22,24,31H,1-2,7-12H2,(H2,29,36). The summed E-state index contributed by atoms with van der Waals surface area (Å²) in [7, 11) is 0. The van der Waals surface area contributed by atoms with Crippen LogP contribution in [0.3, 0.4) is 0 Å². The third-order valence-electron chi connectivity index (χ3n) is 8.61. The summed E-state index contributed by atoms with van der Waals surface area (Å²) in [6, 6.07) is 6.93. The molecule has 0 spiro atoms. The lowest BCUT2D eigenvalue weighted by Gasteiger charge is -2.44. The number of nitrogens with two attached hydrogens (primary N) is 1. The molecule has 6 rings (SSSR count). The third-order valence-corrected chi connectivity index (χ3v) is 8.61. The highest BCUT2D eigenvalue weighted by Crippen LogP contribution is 2.49. The summed E-state index contributed by atoms with van der Waals surface area (Å²) in [5.41, 5.74) is 6.65. The number of amides is 1. The van der Waals surface area contributed by atoms with Gasteiger partial charge in [-0.25, -0.2) is 0 Å². The van der Waals surface area contributed by atoms with Gasteiger partial charge in [0.25, 0.3) is 0 Å². The van der Waals surface area contributed by atoms with Gasteiger partial charge in [-0.05, 0) is 80.4 Å². The molecular formula is C28H28N2O7. The van der Waals surface area contributed by atoms with E-state index in [1.54, 1.807) is 6.07 Å². The molecule has 37 heavy (non-hydrogen) atoms. The molecule has 3 fully saturated rings. The summed E-state index contributed by atoms with van der Waals surface area (Å²) in [6.07, 6.45) is 2.90. The van der Waals surface area contributed by atoms with E-state index in [-0.39, 0.29) is 17.7 Å². The monoisotopic (exact) mass is 504 g/mol. The normalized spacial score (nSPS) is 29.7. The van der Waals surface area contributed by atoms with Crippen LogP contribution in [0.2, 0.25) is 0 Å². The number of hydrogen-bond acceptors (Lipinski definition) is 8. The van der Waals surface area contributed by atoms with Crippen molar-refractivity contribution in [2.45, 2.75) is 38.6 Å². The number of phenolic OH excluding ortho intramolecular Hbond substituents is 1. The lowest BCUT2D eigenvalue weighted by atomic mass is 9.56. The predicted molar refractivity (Wildman–Crippen MR) is 129 cm³/mol. The summed E-state index contributed by atoms with van der Waals surface area (Å²) in [5.74, 6) is -7.27. The maximum atomic E-state index is 13.7. The Kier molecular flexibility index (Phi) is 5.63. The lowest BCUT2D eigenvalue weighted by Crippen LogP contribution is -2.56. The van der Waals surface area contributed by atoms with Crippen molar-refractivity contribution in [3.8, 4) is 17.1 Å². The fourth-order valence-electron chi connectivity index (χ4n) is 6.99. The molecule has 0 radical (unpaired) electrons. The van der Waals surface area contributed by atoms with Crippen LogP contribution in [0, 0.1) is 29.6 Å². The third kappa shape index (κ3) is 3.75. The molecule has 2 aromatic rings. The number of fused-ring (bicyclic) bond motifs is 3. The van der Waals surface area contributed by atoms with Gasteiger partial charge in [-0.2, -0.15) is 0 Å². The van der Waals surface area contributed by atoms with Crippen LogP contribution >= 0.6 is 0 Å². The number of ketones is 4. The summed E-state index contributed by atoms with van der Waals surface area (Å²) < 4.78 is 6.14. The molecule has 192 valence electrons. The van der Waals surface area contributed by atoms with Gasteiger partial charge in [0.15, 0.2) is 29.1 Å². The Morgan fingerprint density at radius 2 is 1.70 bits per heavy atom. The van der Waals surface area contributed by atoms with Crippen LogP contribution < -0.4 is 5.73 Å². The minimum atomic E-state index is -1.64. The second-order valence-electron chi connectivity index (χ2n) is 10.8. The topological polar surface area (TPSA) is 148 Å². The molecule has 4 aliphatic rings. The molecule has 1 saturated heterocycles. The van der Waals surface area contributed by atoms with Crippen LogP contribution in [0.1, 0.15) is 47.4 Å². The van der Waals surface area contributed by atoms with E-state index in [0.29, 0.717) is 36.3 Å². The lowest BCUT2D eigenvalue weighted by molar-refractivity contribution is -0.152. The number of primary amides is 1. The smallest absolute Gasteiger partial charge is 0.235 e. The predicted octanol–water partition coefficient (Wildman–Crippen LogP) is 2.07. The van der Waals surface area contributed by atoms with E-state index in [1.807, 2.05) is 12.1 Å². The Hall–Kier alpha value is -3.59. The molecule has 3 N–H and O–H groups in total. The van der Waals surface area contributed by atoms with Gasteiger partial charge in [0.2, 0.25) is 5.91 Å². The largest absolute Gasteiger partial charge is 0.507 e. The molecule has 3 aliphatic carbocycles. The number of carbonyl (C=O) groups excluding carboxylic acids is 5. The van der Waals surface area contributed by atoms with Crippen molar-refractivity contribution in [1.82, 2.24) is 4.90 Å². The Balaban J connectivity index is 1.34. The van der Waals surface area contributed by atoms with Crippen LogP contribution in [0.4, 0.5) is 0 Å². The van der Waals surface area contributed by atoms with Crippen molar-refractivity contribution in [1.29, 1.82) is 0 Å². The molecule has 1 aliphatic heterocycles. The van der Waals surface area contributed by atoms with E-state index in [9.17, 15) is 29.1 Å². The fourth-order valence-corrected chi connectivity index (χ4v) is 6.99. The number of Topliss-reactive ketones (excluding diaryl/α,β-unsaturated/α-hetero) is 4. The summed E-state index contributed by atoms with van der Waals surface area (Å²) in [4.78, 5) is 66.7. The Morgan fingerprint density at radius 1 is 0.973 bits per heavy atom. The molecule has 1 aromatic heterocycles. The highest BCUT2D eigenvalue weighted by Gasteiger charge is 2.57. The number of carbonyl (C=O) groups is 5. The summed E-state index contributed by atoms with van der Waals surface area (Å²) in [5, 5.41) is 10.7. The Morgan fingerprint density at radius 3 is 2.43 bits per heavy atom. The van der Waals surface area contributed by atoms with Crippen molar-refractivity contribution < 1.29 is 33.5 Å². The van der Waals surface area contributed by atoms with Crippen LogP contribution in [0.15, 0.2) is 28.7 Å². The Labute approximate surface area is 213 Å². The maximum Gasteiger partial charge on any atom is 0.235 e. The average Bonchev–Trinajstić information content (AvgIpc) is 3.51. The highest BCUT2D eigenvalue weighted by molar-refractivity contribution is 6.27. The first-order valence-electron chi connectivity index (χ1n) is 12.8. The van der Waals surface area contributed by atoms with E-state index in [1.165, 1.54) is 18.9 Å². The number of likely N-dealkylation sites (tertiary alicyclic amines) is 1. The quantitative estimate of drug-likeness (QED) is 0.601. The van der Waals surface area contributed by atoms with Crippen molar-refractivity contribution >= 4 is 29.0 Å². The first kappa shape index (κ1) is 23.8. The van der Waals surface area contributed by atoms with Crippen LogP contribution in [0.5, 0.6) is 5.75 Å². The van der Waals surface area contributed by atoms with Crippen LogP contribution in [0.25, 0.3) is 11.3 Å². The van der Waals surface area contributed by atoms with Gasteiger partial charge in [-0.1, -0.05) is 0 Å². The number of aromatic hydroxyl groups is 1. The molecule has 5 unspecified atom stereocenters. The molecule has 1 amide bonds. The van der Waals surface area contributed by atoms with E-state index in [4.69, 9.17) is 10.2 Å². The second-order valence-corrected chi connectivity index (χ2v) is 10.8. The fraction of sp³-hybridized carbons (Fsp3) is 0.464. The van der Waals surface area contributed by atoms with Gasteiger partial charge in [0, 0.05) is 12.0 Å². The SMILES string of the molecule is NC(=O)C1C(=O)CC2CC3Cc4c(-c5ccc(CN6CCCC6)o5)ccc(O)c4C(=O)C3C(=O)C2C1=O. The zero-order valence-electron chi connectivity index (χ0n) is 20.3. The van der Waals surface area contributed by atoms with E-state index < -0.39 is 58.6 Å². The van der Waals surface area contributed by atoms with E-state index in [0.717, 1.165) is 18.8 Å². The number of nitrogens with zero attached hydrogens (tertiary/aromatic N) is 1. The second kappa shape index (κ2) is 8.76. The van der Waals surface area contributed by atoms with Gasteiger partial charge < -0.3 is 15.3 Å². The average molecular weight is 505 g/mol. The molecule has 5 atom stereocenters. The molecule has 2 saturated carbocycles. The zero-order valence-corrected chi connectivity index (χ0v) is 20.3. The van der Waals surface area contributed by atoms with Crippen molar-refractivity contribution in [2.75, 3.05) is 13.1 Å². The number of furan rings is 1. The molecular weight excluding hydrogens is 476 g/mol. The first-order chi connectivity index (χ1) is 17.7. The molecule has 9 heteroatoms. The van der Waals surface area contributed by atoms with E-state index >= 15 is 0 Å². The van der Waals surface area contributed by atoms with Gasteiger partial charge >= 0.3 is 0 Å². The van der Waals surface area contributed by atoms with Gasteiger partial charge in [0.05, 0.1) is 23.9 Å². The minimum Gasteiger partial charge on any atom is -0.507 e. The van der Waals surface area contributed by atoms with Gasteiger partial charge in [0.1, 0.15) is 17.3 Å². The van der Waals surface area contributed by atoms with E-state index in [2.05, 4.69) is 4.90 Å². The Bertz CT molecular complexity index is 1350. The zero-order chi connectivity index (χ0) is 26.0. The number of phenols is 1. The molecule has 1 aromatic carbocycles. The maximum absolute atomic E-state index is 13.7. The molecule has 2 heterocycles.